The summed E-state index contributed by atoms with van der Waals surface area (Å²) in [4.78, 5) is 0. The molecule has 0 aliphatic carbocycles. The summed E-state index contributed by atoms with van der Waals surface area (Å²) in [6, 6.07) is 16.9. The number of rotatable bonds is 3. The van der Waals surface area contributed by atoms with Gasteiger partial charge >= 0.3 is 0 Å². The minimum absolute atomic E-state index is 0.195. The van der Waals surface area contributed by atoms with Gasteiger partial charge in [0, 0.05) is 5.92 Å². The summed E-state index contributed by atoms with van der Waals surface area (Å²) in [7, 11) is 0. The molecule has 2 aromatic rings. The van der Waals surface area contributed by atoms with Crippen LogP contribution >= 0.6 is 0 Å². The number of halogens is 1. The molecule has 16 heavy (non-hydrogen) atoms. The van der Waals surface area contributed by atoms with E-state index in [2.05, 4.69) is 19.1 Å². The molecule has 2 aromatic carbocycles. The maximum Gasteiger partial charge on any atom is 0.123 e. The predicted molar refractivity (Wildman–Crippen MR) is 64.7 cm³/mol. The summed E-state index contributed by atoms with van der Waals surface area (Å²) >= 11 is 0. The highest BCUT2D eigenvalue weighted by Crippen LogP contribution is 2.27. The van der Waals surface area contributed by atoms with Crippen molar-refractivity contribution >= 4 is 0 Å². The van der Waals surface area contributed by atoms with Crippen LogP contribution in [0, 0.1) is 12.7 Å². The van der Waals surface area contributed by atoms with Crippen LogP contribution < -0.4 is 0 Å². The molecule has 1 unspecified atom stereocenters. The Bertz CT molecular complexity index is 431. The van der Waals surface area contributed by atoms with Gasteiger partial charge in [0.05, 0.1) is 0 Å². The van der Waals surface area contributed by atoms with Gasteiger partial charge in [-0.05, 0) is 29.7 Å². The highest BCUT2D eigenvalue weighted by Gasteiger charge is 2.11. The first-order chi connectivity index (χ1) is 7.81. The van der Waals surface area contributed by atoms with E-state index < -0.39 is 0 Å². The van der Waals surface area contributed by atoms with Crippen LogP contribution in [0.15, 0.2) is 54.6 Å². The molecule has 0 bridgehead atoms. The third-order valence-electron chi connectivity index (χ3n) is 2.76. The maximum atomic E-state index is 12.8. The topological polar surface area (TPSA) is 0 Å². The zero-order valence-electron chi connectivity index (χ0n) is 9.07. The Morgan fingerprint density at radius 3 is 2.00 bits per heavy atom. The first-order valence-corrected chi connectivity index (χ1v) is 5.41. The van der Waals surface area contributed by atoms with Gasteiger partial charge in [0.25, 0.3) is 0 Å². The van der Waals surface area contributed by atoms with Crippen molar-refractivity contribution in [1.29, 1.82) is 0 Å². The largest absolute Gasteiger partial charge is 0.207 e. The number of hydrogen-bond donors (Lipinski definition) is 0. The van der Waals surface area contributed by atoms with Gasteiger partial charge < -0.3 is 0 Å². The summed E-state index contributed by atoms with van der Waals surface area (Å²) in [5.41, 5.74) is 2.34. The molecule has 0 spiro atoms. The van der Waals surface area contributed by atoms with Crippen molar-refractivity contribution in [3.8, 4) is 0 Å². The van der Waals surface area contributed by atoms with Crippen LogP contribution in [-0.4, -0.2) is 0 Å². The minimum Gasteiger partial charge on any atom is -0.207 e. The number of benzene rings is 2. The molecule has 1 radical (unpaired) electrons. The van der Waals surface area contributed by atoms with Crippen LogP contribution in [0.4, 0.5) is 4.39 Å². The third kappa shape index (κ3) is 2.30. The van der Waals surface area contributed by atoms with Crippen LogP contribution in [0.5, 0.6) is 0 Å². The highest BCUT2D eigenvalue weighted by atomic mass is 19.1. The molecule has 81 valence electrons. The Morgan fingerprint density at radius 2 is 1.44 bits per heavy atom. The van der Waals surface area contributed by atoms with Crippen molar-refractivity contribution in [2.24, 2.45) is 0 Å². The Morgan fingerprint density at radius 1 is 0.875 bits per heavy atom. The van der Waals surface area contributed by atoms with E-state index in [0.29, 0.717) is 0 Å². The van der Waals surface area contributed by atoms with E-state index in [0.717, 1.165) is 12.0 Å². The molecule has 0 amide bonds. The van der Waals surface area contributed by atoms with Crippen molar-refractivity contribution in [3.05, 3.63) is 78.5 Å². The fourth-order valence-electron chi connectivity index (χ4n) is 1.91. The van der Waals surface area contributed by atoms with E-state index in [4.69, 9.17) is 0 Å². The molecular weight excluding hydrogens is 199 g/mol. The fourth-order valence-corrected chi connectivity index (χ4v) is 1.91. The molecule has 0 saturated heterocycles. The molecule has 0 fully saturated rings. The van der Waals surface area contributed by atoms with Crippen LogP contribution in [0.25, 0.3) is 0 Å². The number of hydrogen-bond acceptors (Lipinski definition) is 0. The minimum atomic E-state index is -0.195. The van der Waals surface area contributed by atoms with Gasteiger partial charge in [0.2, 0.25) is 0 Å². The van der Waals surface area contributed by atoms with Crippen molar-refractivity contribution in [2.75, 3.05) is 0 Å². The Labute approximate surface area is 95.7 Å². The van der Waals surface area contributed by atoms with Gasteiger partial charge in [-0.3, -0.25) is 0 Å². The Kier molecular flexibility index (Phi) is 3.35. The van der Waals surface area contributed by atoms with Gasteiger partial charge in [0.15, 0.2) is 0 Å². The highest BCUT2D eigenvalue weighted by molar-refractivity contribution is 5.32. The Hall–Kier alpha value is -1.63. The Balaban J connectivity index is 2.33. The lowest BCUT2D eigenvalue weighted by molar-refractivity contribution is 0.626. The second kappa shape index (κ2) is 4.93. The lowest BCUT2D eigenvalue weighted by Crippen LogP contribution is -1.99. The summed E-state index contributed by atoms with van der Waals surface area (Å²) in [5, 5.41) is 0. The first-order valence-electron chi connectivity index (χ1n) is 5.41. The van der Waals surface area contributed by atoms with Gasteiger partial charge in [-0.25, -0.2) is 4.39 Å². The predicted octanol–water partition coefficient (Wildman–Crippen LogP) is 4.18. The fraction of sp³-hybridized carbons (Fsp3) is 0.133. The summed E-state index contributed by atoms with van der Waals surface area (Å²) in [6.07, 6.45) is 0.773. The average molecular weight is 213 g/mol. The van der Waals surface area contributed by atoms with E-state index in [1.54, 1.807) is 0 Å². The van der Waals surface area contributed by atoms with E-state index in [-0.39, 0.29) is 11.7 Å². The van der Waals surface area contributed by atoms with Crippen molar-refractivity contribution in [3.63, 3.8) is 0 Å². The zero-order valence-corrected chi connectivity index (χ0v) is 9.07. The SMILES string of the molecule is [CH2]CC(c1ccccc1)c1ccc(F)cc1. The summed E-state index contributed by atoms with van der Waals surface area (Å²) < 4.78 is 12.8. The second-order valence-corrected chi connectivity index (χ2v) is 3.80. The van der Waals surface area contributed by atoms with E-state index in [1.165, 1.54) is 17.7 Å². The van der Waals surface area contributed by atoms with Crippen LogP contribution in [-0.2, 0) is 0 Å². The van der Waals surface area contributed by atoms with Crippen molar-refractivity contribution < 1.29 is 4.39 Å². The van der Waals surface area contributed by atoms with Crippen molar-refractivity contribution in [1.82, 2.24) is 0 Å². The van der Waals surface area contributed by atoms with Gasteiger partial charge in [-0.15, -0.1) is 0 Å². The van der Waals surface area contributed by atoms with Gasteiger partial charge in [0.1, 0.15) is 5.82 Å². The maximum absolute atomic E-state index is 12.8. The molecule has 0 saturated carbocycles. The quantitative estimate of drug-likeness (QED) is 0.717. The zero-order chi connectivity index (χ0) is 11.4. The molecule has 0 aliphatic heterocycles. The summed E-state index contributed by atoms with van der Waals surface area (Å²) in [5.74, 6) is 0.0569. The third-order valence-corrected chi connectivity index (χ3v) is 2.76. The molecule has 0 aromatic heterocycles. The normalized spacial score (nSPS) is 12.4. The monoisotopic (exact) mass is 213 g/mol. The van der Waals surface area contributed by atoms with Crippen LogP contribution in [0.3, 0.4) is 0 Å². The van der Waals surface area contributed by atoms with E-state index in [9.17, 15) is 4.39 Å². The summed E-state index contributed by atoms with van der Waals surface area (Å²) in [6.45, 7) is 3.97. The second-order valence-electron chi connectivity index (χ2n) is 3.80. The van der Waals surface area contributed by atoms with E-state index in [1.807, 2.05) is 30.3 Å². The molecule has 0 heterocycles. The lowest BCUT2D eigenvalue weighted by atomic mass is 9.89. The van der Waals surface area contributed by atoms with E-state index >= 15 is 0 Å². The molecule has 0 N–H and O–H groups in total. The first kappa shape index (κ1) is 10.9. The standard InChI is InChI=1S/C15H14F/c1-2-15(12-6-4-3-5-7-12)13-8-10-14(16)11-9-13/h3-11,15H,1-2H2. The smallest absolute Gasteiger partial charge is 0.123 e. The molecular formula is C15H14F. The van der Waals surface area contributed by atoms with Crippen LogP contribution in [0.1, 0.15) is 23.5 Å². The van der Waals surface area contributed by atoms with Gasteiger partial charge in [-0.1, -0.05) is 49.4 Å². The average Bonchev–Trinajstić information content (AvgIpc) is 2.34. The molecule has 1 atom stereocenters. The molecule has 2 rings (SSSR count). The molecule has 0 aliphatic rings. The van der Waals surface area contributed by atoms with Crippen LogP contribution in [0.2, 0.25) is 0 Å². The lowest BCUT2D eigenvalue weighted by Gasteiger charge is -2.15. The van der Waals surface area contributed by atoms with Gasteiger partial charge in [-0.2, -0.15) is 0 Å². The molecule has 1 heteroatoms. The molecule has 0 nitrogen and oxygen atoms in total. The van der Waals surface area contributed by atoms with Crippen molar-refractivity contribution in [2.45, 2.75) is 12.3 Å².